The van der Waals surface area contributed by atoms with Crippen LogP contribution in [0.1, 0.15) is 100 Å². The average Bonchev–Trinajstić information content (AvgIpc) is 4.24. The van der Waals surface area contributed by atoms with E-state index in [4.69, 9.17) is 0 Å². The second-order valence-electron chi connectivity index (χ2n) is 18.4. The molecule has 0 saturated heterocycles. The first kappa shape index (κ1) is 43.5. The van der Waals surface area contributed by atoms with Gasteiger partial charge in [0.25, 0.3) is 0 Å². The Morgan fingerprint density at radius 1 is 0.600 bits per heavy atom. The molecule has 8 aliphatic rings. The Hall–Kier alpha value is -5.34. The van der Waals surface area contributed by atoms with Crippen molar-refractivity contribution in [3.63, 3.8) is 0 Å². The Kier molecular flexibility index (Phi) is 11.5. The van der Waals surface area contributed by atoms with Gasteiger partial charge in [0.2, 0.25) is 0 Å². The number of anilines is 2. The summed E-state index contributed by atoms with van der Waals surface area (Å²) in [5.74, 6) is -4.60. The fourth-order valence-corrected chi connectivity index (χ4v) is 11.0. The van der Waals surface area contributed by atoms with E-state index in [9.17, 15) is 28.6 Å². The summed E-state index contributed by atoms with van der Waals surface area (Å²) in [6.45, 7) is 0. The predicted molar refractivity (Wildman–Crippen MR) is 219 cm³/mol. The molecule has 0 unspecified atom stereocenters. The topological polar surface area (TPSA) is 236 Å². The molecule has 8 fully saturated rings. The summed E-state index contributed by atoms with van der Waals surface area (Å²) in [4.78, 5) is 49.6. The van der Waals surface area contributed by atoms with E-state index in [1.165, 1.54) is 12.1 Å². The van der Waals surface area contributed by atoms with Gasteiger partial charge in [0.15, 0.2) is 46.2 Å². The van der Waals surface area contributed by atoms with Crippen LogP contribution in [-0.4, -0.2) is 79.4 Å². The van der Waals surface area contributed by atoms with Crippen LogP contribution in [-0.2, 0) is 9.59 Å². The van der Waals surface area contributed by atoms with E-state index in [0.29, 0.717) is 39.1 Å². The molecule has 14 rings (SSSR count). The number of carbonyl (C=O) groups excluding carboxylic acids is 1. The molecule has 6 aromatic rings. The second kappa shape index (κ2) is 17.1. The molecule has 8 aliphatic carbocycles. The summed E-state index contributed by atoms with van der Waals surface area (Å²) < 4.78 is 58.5. The van der Waals surface area contributed by atoms with Crippen LogP contribution in [0.5, 0.6) is 0 Å². The van der Waals surface area contributed by atoms with Crippen molar-refractivity contribution in [3.05, 3.63) is 59.2 Å². The number of hydrogen-bond donors (Lipinski definition) is 5. The van der Waals surface area contributed by atoms with Crippen molar-refractivity contribution in [1.29, 1.82) is 0 Å². The van der Waals surface area contributed by atoms with Crippen LogP contribution in [0.2, 0.25) is 0 Å². The molecule has 0 radical (unpaired) electrons. The van der Waals surface area contributed by atoms with E-state index in [2.05, 4.69) is 60.9 Å². The van der Waals surface area contributed by atoms with Gasteiger partial charge in [-0.1, -0.05) is 0 Å². The minimum Gasteiger partial charge on any atom is -0.550 e. The number of rotatable bonds is 10. The number of aromatic nitrogens is 10. The standard InChI is InChI=1S/2C22H22F2N6O2.Na/c2*23-12-7-13-18(29-30-19(13)25-8-12)21-27-17(11-5-6-11)15(24)20(28-21)26-16-10-3-1-9(2-4-10)14(16)22(31)32;/h2*7-11,14,16H,1-6H2,(H,31,32)(H,25,29,30)(H,26,27,28);/q;;+1/p-1/t2*9?,10?,14-,16-;/m00./s1. The van der Waals surface area contributed by atoms with Crippen LogP contribution in [0.3, 0.4) is 0 Å². The largest absolute Gasteiger partial charge is 1.00 e. The number of nitrogens with one attached hydrogen (secondary N) is 4. The summed E-state index contributed by atoms with van der Waals surface area (Å²) >= 11 is 0. The zero-order valence-electron chi connectivity index (χ0n) is 35.3. The molecule has 16 nitrogen and oxygen atoms in total. The molecular formula is C44H43F4N12NaO4. The zero-order chi connectivity index (χ0) is 44.0. The maximum atomic E-state index is 15.5. The van der Waals surface area contributed by atoms with E-state index in [1.54, 1.807) is 0 Å². The number of nitrogens with zero attached hydrogens (tertiary/aromatic N) is 8. The molecule has 0 aromatic carbocycles. The molecule has 6 aromatic heterocycles. The SMILES string of the molecule is O=C(O)[C@H]1C2CCC(CC2)[C@@H]1Nc1nc(-c2[nH]nc3ncc(F)cc23)nc(C2CC2)c1F.O=C([O-])[C@H]1C2CCC(CC2)[C@@H]1Nc1nc(-c2[nH]nc3ncc(F)cc23)nc(C2CC2)c1F.[Na+]. The van der Waals surface area contributed by atoms with Crippen LogP contribution in [0.15, 0.2) is 24.5 Å². The first-order chi connectivity index (χ1) is 31.0. The van der Waals surface area contributed by atoms with Gasteiger partial charge in [-0.2, -0.15) is 10.2 Å². The van der Waals surface area contributed by atoms with Gasteiger partial charge >= 0.3 is 35.5 Å². The summed E-state index contributed by atoms with van der Waals surface area (Å²) in [6, 6.07) is 1.74. The van der Waals surface area contributed by atoms with Gasteiger partial charge in [0, 0.05) is 35.8 Å². The number of aromatic amines is 2. The van der Waals surface area contributed by atoms with Crippen LogP contribution < -0.4 is 45.3 Å². The molecule has 4 bridgehead atoms. The van der Waals surface area contributed by atoms with E-state index in [1.807, 2.05) is 0 Å². The van der Waals surface area contributed by atoms with Crippen LogP contribution in [0.25, 0.3) is 45.1 Å². The van der Waals surface area contributed by atoms with Crippen LogP contribution in [0.4, 0.5) is 29.2 Å². The maximum absolute atomic E-state index is 15.5. The average molecular weight is 903 g/mol. The number of aliphatic carboxylic acids is 2. The quantitative estimate of drug-likeness (QED) is 0.0980. The molecule has 0 amide bonds. The molecular weight excluding hydrogens is 860 g/mol. The van der Waals surface area contributed by atoms with Crippen molar-refractivity contribution in [3.8, 4) is 23.0 Å². The van der Waals surface area contributed by atoms with Gasteiger partial charge < -0.3 is 25.6 Å². The van der Waals surface area contributed by atoms with Crippen molar-refractivity contribution in [2.45, 2.75) is 101 Å². The third-order valence-corrected chi connectivity index (χ3v) is 14.5. The molecule has 21 heteroatoms. The number of halogens is 4. The monoisotopic (exact) mass is 902 g/mol. The van der Waals surface area contributed by atoms with Crippen molar-refractivity contribution in [2.24, 2.45) is 35.5 Å². The van der Waals surface area contributed by atoms with Gasteiger partial charge in [-0.05, 0) is 113 Å². The number of pyridine rings is 2. The molecule has 4 atom stereocenters. The molecule has 65 heavy (non-hydrogen) atoms. The maximum Gasteiger partial charge on any atom is 1.00 e. The van der Waals surface area contributed by atoms with Gasteiger partial charge in [0.1, 0.15) is 23.0 Å². The van der Waals surface area contributed by atoms with Gasteiger partial charge in [-0.15, -0.1) is 0 Å². The first-order valence-corrected chi connectivity index (χ1v) is 22.1. The molecule has 0 aliphatic heterocycles. The Bertz CT molecular complexity index is 2630. The first-order valence-electron chi connectivity index (χ1n) is 22.1. The summed E-state index contributed by atoms with van der Waals surface area (Å²) in [7, 11) is 0. The summed E-state index contributed by atoms with van der Waals surface area (Å²) in [5, 5.41) is 42.6. The third-order valence-electron chi connectivity index (χ3n) is 14.5. The zero-order valence-corrected chi connectivity index (χ0v) is 37.3. The minimum atomic E-state index is -1.10. The number of fused-ring (bicyclic) bond motifs is 8. The second-order valence-corrected chi connectivity index (χ2v) is 18.4. The third kappa shape index (κ3) is 8.08. The summed E-state index contributed by atoms with van der Waals surface area (Å²) in [6.07, 6.45) is 12.6. The van der Waals surface area contributed by atoms with Crippen LogP contribution in [0, 0.1) is 58.8 Å². The van der Waals surface area contributed by atoms with E-state index in [0.717, 1.165) is 89.4 Å². The van der Waals surface area contributed by atoms with Crippen molar-refractivity contribution >= 4 is 45.6 Å². The van der Waals surface area contributed by atoms with Crippen LogP contribution >= 0.6 is 0 Å². The Morgan fingerprint density at radius 3 is 1.40 bits per heavy atom. The minimum absolute atomic E-state index is 0. The molecule has 0 spiro atoms. The summed E-state index contributed by atoms with van der Waals surface area (Å²) in [5.41, 5.74) is 1.91. The van der Waals surface area contributed by atoms with Crippen molar-refractivity contribution in [1.82, 2.24) is 50.3 Å². The molecule has 8 saturated carbocycles. The number of carbonyl (C=O) groups is 2. The fourth-order valence-electron chi connectivity index (χ4n) is 11.0. The molecule has 5 N–H and O–H groups in total. The molecule has 6 heterocycles. The van der Waals surface area contributed by atoms with E-state index >= 15 is 8.78 Å². The molecule has 332 valence electrons. The van der Waals surface area contributed by atoms with Gasteiger partial charge in [-0.25, -0.2) is 47.5 Å². The Balaban J connectivity index is 0.000000151. The van der Waals surface area contributed by atoms with Gasteiger partial charge in [0.05, 0.1) is 40.5 Å². The normalized spacial score (nSPS) is 26.6. The number of carboxylic acids is 2. The van der Waals surface area contributed by atoms with Gasteiger partial charge in [-0.3, -0.25) is 15.0 Å². The van der Waals surface area contributed by atoms with E-state index < -0.39 is 53.1 Å². The van der Waals surface area contributed by atoms with Crippen molar-refractivity contribution in [2.75, 3.05) is 10.6 Å². The number of hydrogen-bond acceptors (Lipinski definition) is 13. The Labute approximate surface area is 390 Å². The smallest absolute Gasteiger partial charge is 0.550 e. The number of carboxylic acid groups (broad SMARTS) is 2. The Morgan fingerprint density at radius 2 is 1.00 bits per heavy atom. The fraction of sp³-hybridized carbons (Fsp3) is 0.500. The predicted octanol–water partition coefficient (Wildman–Crippen LogP) is 3.41. The van der Waals surface area contributed by atoms with Crippen molar-refractivity contribution < 1.29 is 66.9 Å². The number of H-pyrrole nitrogens is 2. The van der Waals surface area contributed by atoms with E-state index in [-0.39, 0.29) is 100 Å².